The Morgan fingerprint density at radius 2 is 1.52 bits per heavy atom. The molecule has 1 atom stereocenters. The second-order valence-electron chi connectivity index (χ2n) is 5.17. The lowest BCUT2D eigenvalue weighted by Gasteiger charge is -2.12. The van der Waals surface area contributed by atoms with Gasteiger partial charge < -0.3 is 10.6 Å². The van der Waals surface area contributed by atoms with Crippen LogP contribution in [0.1, 0.15) is 24.7 Å². The SMILES string of the molecule is CC(=O)Nc1ccc(NC(=O)CSC(C)c2ccccc2)cc1. The summed E-state index contributed by atoms with van der Waals surface area (Å²) in [7, 11) is 0. The van der Waals surface area contributed by atoms with Crippen LogP contribution in [0, 0.1) is 0 Å². The van der Waals surface area contributed by atoms with Gasteiger partial charge in [0.2, 0.25) is 11.8 Å². The van der Waals surface area contributed by atoms with Crippen molar-refractivity contribution in [2.75, 3.05) is 16.4 Å². The van der Waals surface area contributed by atoms with E-state index in [1.807, 2.05) is 18.2 Å². The van der Waals surface area contributed by atoms with E-state index in [0.29, 0.717) is 11.4 Å². The molecule has 2 aromatic rings. The molecule has 0 heterocycles. The van der Waals surface area contributed by atoms with Gasteiger partial charge in [-0.3, -0.25) is 9.59 Å². The topological polar surface area (TPSA) is 58.2 Å². The van der Waals surface area contributed by atoms with E-state index in [4.69, 9.17) is 0 Å². The summed E-state index contributed by atoms with van der Waals surface area (Å²) in [5.74, 6) is 0.238. The van der Waals surface area contributed by atoms with E-state index < -0.39 is 0 Å². The lowest BCUT2D eigenvalue weighted by Crippen LogP contribution is -2.14. The van der Waals surface area contributed by atoms with Gasteiger partial charge in [0.15, 0.2) is 0 Å². The lowest BCUT2D eigenvalue weighted by atomic mass is 10.2. The minimum atomic E-state index is -0.118. The van der Waals surface area contributed by atoms with Crippen molar-refractivity contribution < 1.29 is 9.59 Å². The smallest absolute Gasteiger partial charge is 0.234 e. The Kier molecular flexibility index (Phi) is 6.23. The summed E-state index contributed by atoms with van der Waals surface area (Å²) >= 11 is 1.60. The summed E-state index contributed by atoms with van der Waals surface area (Å²) in [6, 6.07) is 17.2. The van der Waals surface area contributed by atoms with Crippen molar-refractivity contribution in [1.82, 2.24) is 0 Å². The third kappa shape index (κ3) is 5.79. The van der Waals surface area contributed by atoms with Crippen molar-refractivity contribution in [3.05, 3.63) is 60.2 Å². The zero-order valence-electron chi connectivity index (χ0n) is 13.2. The van der Waals surface area contributed by atoms with Crippen LogP contribution >= 0.6 is 11.8 Å². The molecule has 1 unspecified atom stereocenters. The van der Waals surface area contributed by atoms with Crippen molar-refractivity contribution in [2.24, 2.45) is 0 Å². The maximum absolute atomic E-state index is 12.0. The van der Waals surface area contributed by atoms with Crippen LogP contribution in [0.3, 0.4) is 0 Å². The van der Waals surface area contributed by atoms with Crippen LogP contribution < -0.4 is 10.6 Å². The lowest BCUT2D eigenvalue weighted by molar-refractivity contribution is -0.114. The Morgan fingerprint density at radius 1 is 0.957 bits per heavy atom. The summed E-state index contributed by atoms with van der Waals surface area (Å²) in [5, 5.41) is 5.81. The van der Waals surface area contributed by atoms with Crippen molar-refractivity contribution in [3.63, 3.8) is 0 Å². The molecule has 4 nitrogen and oxygen atoms in total. The van der Waals surface area contributed by atoms with E-state index in [0.717, 1.165) is 5.69 Å². The number of carbonyl (C=O) groups is 2. The summed E-state index contributed by atoms with van der Waals surface area (Å²) in [4.78, 5) is 23.0. The minimum Gasteiger partial charge on any atom is -0.326 e. The highest BCUT2D eigenvalue weighted by atomic mass is 32.2. The zero-order chi connectivity index (χ0) is 16.7. The van der Waals surface area contributed by atoms with Crippen LogP contribution in [0.15, 0.2) is 54.6 Å². The fourth-order valence-corrected chi connectivity index (χ4v) is 2.88. The number of amides is 2. The molecule has 2 amide bonds. The van der Waals surface area contributed by atoms with Crippen molar-refractivity contribution >= 4 is 35.0 Å². The molecule has 23 heavy (non-hydrogen) atoms. The monoisotopic (exact) mass is 328 g/mol. The van der Waals surface area contributed by atoms with Gasteiger partial charge in [0.05, 0.1) is 5.75 Å². The maximum Gasteiger partial charge on any atom is 0.234 e. The molecular weight excluding hydrogens is 308 g/mol. The van der Waals surface area contributed by atoms with E-state index in [2.05, 4.69) is 29.7 Å². The van der Waals surface area contributed by atoms with Crippen LogP contribution in [0.4, 0.5) is 11.4 Å². The largest absolute Gasteiger partial charge is 0.326 e. The number of hydrogen-bond donors (Lipinski definition) is 2. The maximum atomic E-state index is 12.0. The molecule has 0 saturated heterocycles. The van der Waals surface area contributed by atoms with Gasteiger partial charge in [0, 0.05) is 23.5 Å². The highest BCUT2D eigenvalue weighted by Gasteiger charge is 2.09. The van der Waals surface area contributed by atoms with Crippen LogP contribution in [0.2, 0.25) is 0 Å². The first kappa shape index (κ1) is 17.1. The second-order valence-corrected chi connectivity index (χ2v) is 6.50. The van der Waals surface area contributed by atoms with Crippen LogP contribution in [0.25, 0.3) is 0 Å². The van der Waals surface area contributed by atoms with Gasteiger partial charge >= 0.3 is 0 Å². The Balaban J connectivity index is 1.81. The number of anilines is 2. The molecule has 0 aliphatic heterocycles. The number of carbonyl (C=O) groups excluding carboxylic acids is 2. The first-order valence-corrected chi connectivity index (χ1v) is 8.43. The van der Waals surface area contributed by atoms with Crippen LogP contribution in [0.5, 0.6) is 0 Å². The Morgan fingerprint density at radius 3 is 2.09 bits per heavy atom. The predicted molar refractivity (Wildman–Crippen MR) is 96.7 cm³/mol. The standard InChI is InChI=1S/C18H20N2O2S/c1-13(15-6-4-3-5-7-15)23-12-18(22)20-17-10-8-16(9-11-17)19-14(2)21/h3-11,13H,12H2,1-2H3,(H,19,21)(H,20,22). The van der Waals surface area contributed by atoms with E-state index in [9.17, 15) is 9.59 Å². The molecule has 120 valence electrons. The second kappa shape index (κ2) is 8.39. The van der Waals surface area contributed by atoms with Gasteiger partial charge in [-0.1, -0.05) is 30.3 Å². The third-order valence-corrected chi connectivity index (χ3v) is 4.42. The summed E-state index contributed by atoms with van der Waals surface area (Å²) in [6.07, 6.45) is 0. The average Bonchev–Trinajstić information content (AvgIpc) is 2.55. The highest BCUT2D eigenvalue weighted by molar-refractivity contribution is 8.00. The van der Waals surface area contributed by atoms with Gasteiger partial charge in [-0.2, -0.15) is 0 Å². The molecule has 2 rings (SSSR count). The van der Waals surface area contributed by atoms with Crippen molar-refractivity contribution in [2.45, 2.75) is 19.1 Å². The summed E-state index contributed by atoms with van der Waals surface area (Å²) < 4.78 is 0. The van der Waals surface area contributed by atoms with Gasteiger partial charge in [-0.05, 0) is 36.8 Å². The first-order valence-electron chi connectivity index (χ1n) is 7.38. The predicted octanol–water partition coefficient (Wildman–Crippen LogP) is 4.08. The highest BCUT2D eigenvalue weighted by Crippen LogP contribution is 2.27. The summed E-state index contributed by atoms with van der Waals surface area (Å²) in [6.45, 7) is 3.55. The Bertz CT molecular complexity index is 656. The van der Waals surface area contributed by atoms with E-state index >= 15 is 0 Å². The van der Waals surface area contributed by atoms with Crippen molar-refractivity contribution in [1.29, 1.82) is 0 Å². The molecule has 0 saturated carbocycles. The van der Waals surface area contributed by atoms with E-state index in [1.165, 1.54) is 12.5 Å². The first-order chi connectivity index (χ1) is 11.0. The number of hydrogen-bond acceptors (Lipinski definition) is 3. The van der Waals surface area contributed by atoms with Gasteiger partial charge in [0.1, 0.15) is 0 Å². The molecule has 2 aromatic carbocycles. The number of benzene rings is 2. The Hall–Kier alpha value is -2.27. The molecular formula is C18H20N2O2S. The molecule has 0 radical (unpaired) electrons. The van der Waals surface area contributed by atoms with Gasteiger partial charge in [0.25, 0.3) is 0 Å². The molecule has 0 aromatic heterocycles. The molecule has 0 aliphatic carbocycles. The van der Waals surface area contributed by atoms with Gasteiger partial charge in [-0.25, -0.2) is 0 Å². The summed E-state index contributed by atoms with van der Waals surface area (Å²) in [5.41, 5.74) is 2.64. The third-order valence-electron chi connectivity index (χ3n) is 3.22. The fourth-order valence-electron chi connectivity index (χ4n) is 2.06. The molecule has 5 heteroatoms. The van der Waals surface area contributed by atoms with Crippen LogP contribution in [-0.2, 0) is 9.59 Å². The van der Waals surface area contributed by atoms with E-state index in [1.54, 1.807) is 36.0 Å². The molecule has 2 N–H and O–H groups in total. The number of nitrogens with one attached hydrogen (secondary N) is 2. The molecule has 0 aliphatic rings. The van der Waals surface area contributed by atoms with Crippen LogP contribution in [-0.4, -0.2) is 17.6 Å². The molecule has 0 fully saturated rings. The number of thioether (sulfide) groups is 1. The minimum absolute atomic E-state index is 0.0370. The van der Waals surface area contributed by atoms with E-state index in [-0.39, 0.29) is 17.1 Å². The number of rotatable bonds is 6. The fraction of sp³-hybridized carbons (Fsp3) is 0.222. The zero-order valence-corrected chi connectivity index (χ0v) is 14.0. The molecule has 0 bridgehead atoms. The normalized spacial score (nSPS) is 11.6. The quantitative estimate of drug-likeness (QED) is 0.840. The van der Waals surface area contributed by atoms with Gasteiger partial charge in [-0.15, -0.1) is 11.8 Å². The Labute approximate surface area is 140 Å². The van der Waals surface area contributed by atoms with Crippen molar-refractivity contribution in [3.8, 4) is 0 Å². The molecule has 0 spiro atoms. The average molecular weight is 328 g/mol.